The van der Waals surface area contributed by atoms with Crippen molar-refractivity contribution in [1.29, 1.82) is 0 Å². The molecule has 16 heavy (non-hydrogen) atoms. The van der Waals surface area contributed by atoms with Crippen LogP contribution in [0.3, 0.4) is 0 Å². The molecule has 2 rings (SSSR count). The van der Waals surface area contributed by atoms with Crippen molar-refractivity contribution in [3.8, 4) is 0 Å². The van der Waals surface area contributed by atoms with E-state index in [1.165, 1.54) is 31.2 Å². The molecule has 86 valence electrons. The van der Waals surface area contributed by atoms with Gasteiger partial charge in [0.25, 0.3) is 0 Å². The molecule has 0 unspecified atom stereocenters. The number of allylic oxidation sites excluding steroid dienone is 1. The molecule has 1 aromatic heterocycles. The van der Waals surface area contributed by atoms with Crippen LogP contribution in [0.25, 0.3) is 0 Å². The first-order chi connectivity index (χ1) is 7.77. The summed E-state index contributed by atoms with van der Waals surface area (Å²) in [6.45, 7) is 0.837. The van der Waals surface area contributed by atoms with Gasteiger partial charge in [0.1, 0.15) is 12.0 Å². The Hall–Kier alpha value is -1.29. The van der Waals surface area contributed by atoms with Crippen LogP contribution in [0.4, 0.5) is 11.5 Å². The third kappa shape index (κ3) is 2.64. The van der Waals surface area contributed by atoms with Gasteiger partial charge in [0.2, 0.25) is 0 Å². The molecule has 5 heteroatoms. The summed E-state index contributed by atoms with van der Waals surface area (Å²) in [4.78, 5) is 7.85. The summed E-state index contributed by atoms with van der Waals surface area (Å²) in [5.74, 6) is 0.624. The molecule has 0 amide bonds. The van der Waals surface area contributed by atoms with Gasteiger partial charge in [-0.05, 0) is 25.7 Å². The molecule has 0 aromatic carbocycles. The summed E-state index contributed by atoms with van der Waals surface area (Å²) in [6, 6.07) is 0. The maximum absolute atomic E-state index is 5.79. The van der Waals surface area contributed by atoms with Gasteiger partial charge >= 0.3 is 0 Å². The standard InChI is InChI=1S/C11H15ClN4/c12-10-9(13)11(16-7-15-10)14-6-5-8-3-1-2-4-8/h3,7H,1-2,4-6,13H2,(H,14,15,16). The van der Waals surface area contributed by atoms with E-state index in [1.54, 1.807) is 0 Å². The number of aromatic nitrogens is 2. The fraction of sp³-hybridized carbons (Fsp3) is 0.455. The van der Waals surface area contributed by atoms with E-state index in [9.17, 15) is 0 Å². The van der Waals surface area contributed by atoms with E-state index < -0.39 is 0 Å². The monoisotopic (exact) mass is 238 g/mol. The van der Waals surface area contributed by atoms with Gasteiger partial charge in [-0.3, -0.25) is 0 Å². The van der Waals surface area contributed by atoms with Gasteiger partial charge in [-0.25, -0.2) is 9.97 Å². The van der Waals surface area contributed by atoms with Crippen molar-refractivity contribution in [2.75, 3.05) is 17.6 Å². The van der Waals surface area contributed by atoms with Gasteiger partial charge in [-0.2, -0.15) is 0 Å². The molecule has 1 aliphatic rings. The number of nitrogens with zero attached hydrogens (tertiary/aromatic N) is 2. The van der Waals surface area contributed by atoms with Gasteiger partial charge in [0.15, 0.2) is 11.0 Å². The molecule has 0 aliphatic heterocycles. The number of hydrogen-bond acceptors (Lipinski definition) is 4. The van der Waals surface area contributed by atoms with E-state index in [4.69, 9.17) is 17.3 Å². The Labute approximate surface area is 99.9 Å². The fourth-order valence-corrected chi connectivity index (χ4v) is 1.95. The highest BCUT2D eigenvalue weighted by molar-refractivity contribution is 6.32. The second kappa shape index (κ2) is 5.16. The number of hydrogen-bond donors (Lipinski definition) is 2. The first-order valence-electron chi connectivity index (χ1n) is 5.45. The summed E-state index contributed by atoms with van der Waals surface area (Å²) in [7, 11) is 0. The summed E-state index contributed by atoms with van der Waals surface area (Å²) >= 11 is 5.79. The van der Waals surface area contributed by atoms with Crippen LogP contribution in [0.5, 0.6) is 0 Å². The van der Waals surface area contributed by atoms with Crippen LogP contribution < -0.4 is 11.1 Å². The fourth-order valence-electron chi connectivity index (χ4n) is 1.82. The Morgan fingerprint density at radius 1 is 1.44 bits per heavy atom. The van der Waals surface area contributed by atoms with Crippen molar-refractivity contribution in [2.45, 2.75) is 25.7 Å². The third-order valence-corrected chi connectivity index (χ3v) is 3.01. The summed E-state index contributed by atoms with van der Waals surface area (Å²) in [5.41, 5.74) is 7.68. The second-order valence-corrected chi connectivity index (χ2v) is 4.22. The van der Waals surface area contributed by atoms with Gasteiger partial charge in [0.05, 0.1) is 0 Å². The summed E-state index contributed by atoms with van der Waals surface area (Å²) in [5, 5.41) is 3.48. The molecule has 0 saturated heterocycles. The Morgan fingerprint density at radius 3 is 3.06 bits per heavy atom. The Kier molecular flexibility index (Phi) is 3.62. The van der Waals surface area contributed by atoms with Gasteiger partial charge < -0.3 is 11.1 Å². The highest BCUT2D eigenvalue weighted by Gasteiger charge is 2.07. The molecule has 0 radical (unpaired) electrons. The van der Waals surface area contributed by atoms with Gasteiger partial charge in [0, 0.05) is 6.54 Å². The molecule has 3 N–H and O–H groups in total. The molecule has 1 heterocycles. The molecule has 0 spiro atoms. The maximum atomic E-state index is 5.79. The van der Waals surface area contributed by atoms with Crippen molar-refractivity contribution in [3.05, 3.63) is 23.1 Å². The van der Waals surface area contributed by atoms with Gasteiger partial charge in [-0.1, -0.05) is 23.3 Å². The second-order valence-electron chi connectivity index (χ2n) is 3.86. The van der Waals surface area contributed by atoms with Crippen LogP contribution in [0.1, 0.15) is 25.7 Å². The van der Waals surface area contributed by atoms with Crippen LogP contribution >= 0.6 is 11.6 Å². The van der Waals surface area contributed by atoms with Gasteiger partial charge in [-0.15, -0.1) is 0 Å². The minimum absolute atomic E-state index is 0.303. The SMILES string of the molecule is Nc1c(Cl)ncnc1NCCC1=CCCC1. The quantitative estimate of drug-likeness (QED) is 0.625. The minimum Gasteiger partial charge on any atom is -0.393 e. The Bertz CT molecular complexity index is 403. The summed E-state index contributed by atoms with van der Waals surface area (Å²) < 4.78 is 0. The highest BCUT2D eigenvalue weighted by atomic mass is 35.5. The molecular formula is C11H15ClN4. The predicted octanol–water partition coefficient (Wildman–Crippen LogP) is 2.62. The zero-order valence-corrected chi connectivity index (χ0v) is 9.80. The van der Waals surface area contributed by atoms with Crippen LogP contribution in [0, 0.1) is 0 Å². The van der Waals surface area contributed by atoms with Crippen molar-refractivity contribution in [3.63, 3.8) is 0 Å². The van der Waals surface area contributed by atoms with E-state index in [-0.39, 0.29) is 0 Å². The van der Waals surface area contributed by atoms with E-state index >= 15 is 0 Å². The first-order valence-corrected chi connectivity index (χ1v) is 5.83. The Balaban J connectivity index is 1.87. The lowest BCUT2D eigenvalue weighted by Gasteiger charge is -2.08. The molecular weight excluding hydrogens is 224 g/mol. The number of nitrogens with one attached hydrogen (secondary N) is 1. The first kappa shape index (κ1) is 11.2. The molecule has 4 nitrogen and oxygen atoms in total. The number of halogens is 1. The highest BCUT2D eigenvalue weighted by Crippen LogP contribution is 2.23. The van der Waals surface area contributed by atoms with E-state index in [0.717, 1.165) is 13.0 Å². The van der Waals surface area contributed by atoms with Crippen molar-refractivity contribution >= 4 is 23.1 Å². The minimum atomic E-state index is 0.303. The number of nitrogen functional groups attached to an aromatic ring is 1. The van der Waals surface area contributed by atoms with Crippen LogP contribution in [-0.4, -0.2) is 16.5 Å². The number of nitrogens with two attached hydrogens (primary N) is 1. The molecule has 1 aromatic rings. The molecule has 0 saturated carbocycles. The third-order valence-electron chi connectivity index (χ3n) is 2.71. The number of rotatable bonds is 4. The smallest absolute Gasteiger partial charge is 0.157 e. The van der Waals surface area contributed by atoms with Crippen molar-refractivity contribution < 1.29 is 0 Å². The zero-order valence-electron chi connectivity index (χ0n) is 9.04. The lowest BCUT2D eigenvalue weighted by atomic mass is 10.2. The summed E-state index contributed by atoms with van der Waals surface area (Å²) in [6.07, 6.45) is 8.50. The van der Waals surface area contributed by atoms with Crippen molar-refractivity contribution in [1.82, 2.24) is 9.97 Å². The molecule has 1 aliphatic carbocycles. The predicted molar refractivity (Wildman–Crippen MR) is 66.5 cm³/mol. The lowest BCUT2D eigenvalue weighted by Crippen LogP contribution is -2.07. The van der Waals surface area contributed by atoms with Crippen LogP contribution in [0.15, 0.2) is 18.0 Å². The number of anilines is 2. The van der Waals surface area contributed by atoms with E-state index in [0.29, 0.717) is 16.7 Å². The zero-order chi connectivity index (χ0) is 11.4. The Morgan fingerprint density at radius 2 is 2.31 bits per heavy atom. The lowest BCUT2D eigenvalue weighted by molar-refractivity contribution is 0.861. The average molecular weight is 239 g/mol. The average Bonchev–Trinajstić information content (AvgIpc) is 2.77. The van der Waals surface area contributed by atoms with E-state index in [1.807, 2.05) is 0 Å². The molecule has 0 fully saturated rings. The van der Waals surface area contributed by atoms with Crippen LogP contribution in [0.2, 0.25) is 5.15 Å². The van der Waals surface area contributed by atoms with E-state index in [2.05, 4.69) is 21.4 Å². The molecule has 0 atom stereocenters. The topological polar surface area (TPSA) is 63.8 Å². The van der Waals surface area contributed by atoms with Crippen LogP contribution in [-0.2, 0) is 0 Å². The maximum Gasteiger partial charge on any atom is 0.157 e. The largest absolute Gasteiger partial charge is 0.393 e. The molecule has 0 bridgehead atoms. The van der Waals surface area contributed by atoms with Crippen molar-refractivity contribution in [2.24, 2.45) is 0 Å². The normalized spacial score (nSPS) is 14.9.